The van der Waals surface area contributed by atoms with Crippen LogP contribution in [0.1, 0.15) is 12.8 Å². The van der Waals surface area contributed by atoms with Crippen LogP contribution >= 0.6 is 0 Å². The third-order valence-electron chi connectivity index (χ3n) is 2.74. The van der Waals surface area contributed by atoms with Crippen LogP contribution in [-0.4, -0.2) is 36.1 Å². The number of rotatable bonds is 8. The number of aromatic hydroxyl groups is 1. The van der Waals surface area contributed by atoms with Gasteiger partial charge in [-0.15, -0.1) is 0 Å². The molecule has 1 amide bonds. The molecule has 110 valence electrons. The van der Waals surface area contributed by atoms with Crippen molar-refractivity contribution in [1.29, 1.82) is 0 Å². The van der Waals surface area contributed by atoms with Gasteiger partial charge < -0.3 is 31.4 Å². The van der Waals surface area contributed by atoms with Gasteiger partial charge >= 0.3 is 0 Å². The van der Waals surface area contributed by atoms with Gasteiger partial charge in [0.1, 0.15) is 11.8 Å². The number of amides is 1. The van der Waals surface area contributed by atoms with Crippen LogP contribution in [0.3, 0.4) is 0 Å². The monoisotopic (exact) mass is 282 g/mol. The van der Waals surface area contributed by atoms with Gasteiger partial charge in [0, 0.05) is 18.2 Å². The molecule has 0 radical (unpaired) electrons. The normalized spacial score (nSPS) is 11.8. The number of benzene rings is 1. The van der Waals surface area contributed by atoms with Gasteiger partial charge in [-0.1, -0.05) is 6.07 Å². The van der Waals surface area contributed by atoms with Crippen molar-refractivity contribution in [3.8, 4) is 5.75 Å². The van der Waals surface area contributed by atoms with E-state index < -0.39 is 17.9 Å². The predicted octanol–water partition coefficient (Wildman–Crippen LogP) is -2.97. The molecule has 20 heavy (non-hydrogen) atoms. The molecule has 0 heterocycles. The first kappa shape index (κ1) is 15.9. The van der Waals surface area contributed by atoms with Gasteiger partial charge in [-0.05, 0) is 12.1 Å². The molecule has 7 nitrogen and oxygen atoms in total. The Bertz CT molecular complexity index is 465. The fourth-order valence-corrected chi connectivity index (χ4v) is 1.72. The second-order valence-electron chi connectivity index (χ2n) is 4.46. The van der Waals surface area contributed by atoms with E-state index in [0.29, 0.717) is 18.8 Å². The first-order valence-electron chi connectivity index (χ1n) is 6.45. The highest BCUT2D eigenvalue weighted by molar-refractivity contribution is 5.93. The van der Waals surface area contributed by atoms with E-state index in [2.05, 4.69) is 11.1 Å². The maximum Gasteiger partial charge on any atom is 0.230 e. The van der Waals surface area contributed by atoms with Crippen LogP contribution < -0.4 is 21.5 Å². The first-order chi connectivity index (χ1) is 9.52. The zero-order chi connectivity index (χ0) is 15.0. The van der Waals surface area contributed by atoms with Crippen molar-refractivity contribution in [3.05, 3.63) is 24.3 Å². The Kier molecular flexibility index (Phi) is 6.48. The highest BCUT2D eigenvalue weighted by Crippen LogP contribution is 2.15. The number of carbonyl (C=O) groups excluding carboxylic acids is 2. The maximum absolute atomic E-state index is 11.8. The van der Waals surface area contributed by atoms with Crippen molar-refractivity contribution in [3.63, 3.8) is 0 Å². The predicted molar refractivity (Wildman–Crippen MR) is 69.3 cm³/mol. The summed E-state index contributed by atoms with van der Waals surface area (Å²) in [5.74, 6) is -1.67. The Labute approximate surface area is 116 Å². The summed E-state index contributed by atoms with van der Waals surface area (Å²) < 4.78 is 0. The number of carboxylic acids is 1. The largest absolute Gasteiger partial charge is 0.544 e. The fraction of sp³-hybridized carbons (Fsp3) is 0.385. The molecule has 1 aromatic rings. The SMILES string of the molecule is [NH3+]CCC[NH2+][C@H](CC(=O)Nc1cccc(O)c1)C(=O)[O-]. The molecule has 1 aromatic carbocycles. The van der Waals surface area contributed by atoms with Crippen molar-refractivity contribution >= 4 is 17.6 Å². The lowest BCUT2D eigenvalue weighted by molar-refractivity contribution is -0.684. The summed E-state index contributed by atoms with van der Waals surface area (Å²) in [4.78, 5) is 22.7. The van der Waals surface area contributed by atoms with Crippen LogP contribution in [0.2, 0.25) is 0 Å². The lowest BCUT2D eigenvalue weighted by Crippen LogP contribution is -2.93. The molecule has 0 saturated heterocycles. The number of nitrogens with two attached hydrogens (primary N) is 1. The molecule has 7 N–H and O–H groups in total. The lowest BCUT2D eigenvalue weighted by Gasteiger charge is -2.16. The number of hydrogen-bond acceptors (Lipinski definition) is 4. The molecule has 0 spiro atoms. The summed E-state index contributed by atoms with van der Waals surface area (Å²) in [5.41, 5.74) is 4.09. The number of quaternary nitrogens is 2. The minimum absolute atomic E-state index is 0.0289. The molecule has 0 aliphatic heterocycles. The second-order valence-corrected chi connectivity index (χ2v) is 4.46. The standard InChI is InChI=1S/C13H19N3O4/c14-5-2-6-15-11(13(19)20)8-12(18)16-9-3-1-4-10(17)7-9/h1,3-4,7,11,15,17H,2,5-6,8,14H2,(H,16,18)(H,19,20)/p+1/t11-/m1/s1. The molecular weight excluding hydrogens is 262 g/mol. The van der Waals surface area contributed by atoms with E-state index in [4.69, 9.17) is 0 Å². The van der Waals surface area contributed by atoms with E-state index >= 15 is 0 Å². The fourth-order valence-electron chi connectivity index (χ4n) is 1.72. The minimum atomic E-state index is -1.26. The zero-order valence-corrected chi connectivity index (χ0v) is 11.2. The number of phenols is 1. The molecule has 0 aliphatic rings. The summed E-state index contributed by atoms with van der Waals surface area (Å²) in [7, 11) is 0. The zero-order valence-electron chi connectivity index (χ0n) is 11.2. The van der Waals surface area contributed by atoms with E-state index in [1.807, 2.05) is 0 Å². The molecule has 1 atom stereocenters. The van der Waals surface area contributed by atoms with Gasteiger partial charge in [0.05, 0.1) is 25.5 Å². The number of hydrogen-bond donors (Lipinski definition) is 4. The van der Waals surface area contributed by atoms with Crippen molar-refractivity contribution < 1.29 is 30.9 Å². The average Bonchev–Trinajstić information content (AvgIpc) is 2.37. The summed E-state index contributed by atoms with van der Waals surface area (Å²) in [5, 5.41) is 24.3. The third-order valence-corrected chi connectivity index (χ3v) is 2.74. The second kappa shape index (κ2) is 8.13. The Hall–Kier alpha value is -2.12. The molecule has 0 bridgehead atoms. The van der Waals surface area contributed by atoms with Gasteiger partial charge in [-0.2, -0.15) is 0 Å². The minimum Gasteiger partial charge on any atom is -0.544 e. The van der Waals surface area contributed by atoms with E-state index in [1.54, 1.807) is 17.4 Å². The van der Waals surface area contributed by atoms with Crippen LogP contribution in [0.5, 0.6) is 5.75 Å². The van der Waals surface area contributed by atoms with Crippen LogP contribution in [0.25, 0.3) is 0 Å². The summed E-state index contributed by atoms with van der Waals surface area (Å²) in [6.45, 7) is 1.30. The number of nitrogens with one attached hydrogen (secondary N) is 1. The lowest BCUT2D eigenvalue weighted by atomic mass is 10.2. The van der Waals surface area contributed by atoms with Crippen molar-refractivity contribution in [2.24, 2.45) is 0 Å². The van der Waals surface area contributed by atoms with Gasteiger partial charge in [0.2, 0.25) is 5.91 Å². The van der Waals surface area contributed by atoms with Gasteiger partial charge in [0.15, 0.2) is 0 Å². The number of carboxylic acid groups (broad SMARTS) is 1. The topological polar surface area (TPSA) is 134 Å². The Morgan fingerprint density at radius 2 is 2.20 bits per heavy atom. The Balaban J connectivity index is 2.51. The van der Waals surface area contributed by atoms with Crippen molar-refractivity contribution in [2.75, 3.05) is 18.4 Å². The summed E-state index contributed by atoms with van der Waals surface area (Å²) >= 11 is 0. The molecule has 1 rings (SSSR count). The average molecular weight is 282 g/mol. The Morgan fingerprint density at radius 1 is 1.45 bits per heavy atom. The maximum atomic E-state index is 11.8. The molecule has 0 saturated carbocycles. The van der Waals surface area contributed by atoms with Crippen LogP contribution in [-0.2, 0) is 9.59 Å². The van der Waals surface area contributed by atoms with Crippen molar-refractivity contribution in [2.45, 2.75) is 18.9 Å². The summed E-state index contributed by atoms with van der Waals surface area (Å²) in [6.07, 6.45) is 0.590. The molecule has 0 aromatic heterocycles. The molecule has 0 aliphatic carbocycles. The smallest absolute Gasteiger partial charge is 0.230 e. The van der Waals surface area contributed by atoms with Crippen molar-refractivity contribution in [1.82, 2.24) is 0 Å². The number of phenolic OH excluding ortho intramolecular Hbond substituents is 1. The van der Waals surface area contributed by atoms with Crippen LogP contribution in [0.15, 0.2) is 24.3 Å². The van der Waals surface area contributed by atoms with Gasteiger partial charge in [-0.25, -0.2) is 0 Å². The van der Waals surface area contributed by atoms with Gasteiger partial charge in [-0.3, -0.25) is 4.79 Å². The third kappa shape index (κ3) is 5.68. The highest BCUT2D eigenvalue weighted by Gasteiger charge is 2.18. The first-order valence-corrected chi connectivity index (χ1v) is 6.45. The number of carbonyl (C=O) groups is 2. The molecule has 0 unspecified atom stereocenters. The van der Waals surface area contributed by atoms with Gasteiger partial charge in [0.25, 0.3) is 0 Å². The number of anilines is 1. The van der Waals surface area contributed by atoms with E-state index in [0.717, 1.165) is 6.42 Å². The van der Waals surface area contributed by atoms with E-state index in [1.165, 1.54) is 12.1 Å². The van der Waals surface area contributed by atoms with E-state index in [-0.39, 0.29) is 12.2 Å². The highest BCUT2D eigenvalue weighted by atomic mass is 16.4. The molecular formula is C13H20N3O4+. The number of aliphatic carboxylic acids is 1. The molecule has 0 fully saturated rings. The molecule has 7 heteroatoms. The van der Waals surface area contributed by atoms with Crippen LogP contribution in [0.4, 0.5) is 5.69 Å². The van der Waals surface area contributed by atoms with Crippen LogP contribution in [0, 0.1) is 0 Å². The van der Waals surface area contributed by atoms with E-state index in [9.17, 15) is 19.8 Å². The summed E-state index contributed by atoms with van der Waals surface area (Å²) in [6, 6.07) is 5.14. The Morgan fingerprint density at radius 3 is 2.80 bits per heavy atom. The quantitative estimate of drug-likeness (QED) is 0.379.